The van der Waals surface area contributed by atoms with Gasteiger partial charge in [0.15, 0.2) is 0 Å². The maximum atomic E-state index is 14.7. The number of nitrogens with zero attached hydrogens (tertiary/aromatic N) is 3. The predicted octanol–water partition coefficient (Wildman–Crippen LogP) is 6.76. The number of hydrogen-bond acceptors (Lipinski definition) is 4. The molecule has 2 N–H and O–H groups in total. The first-order valence-electron chi connectivity index (χ1n) is 11.2. The topological polar surface area (TPSA) is 81.1 Å². The molecule has 0 aliphatic carbocycles. The number of pyridine rings is 1. The van der Waals surface area contributed by atoms with E-state index in [2.05, 4.69) is 15.6 Å². The molecule has 2 aromatic carbocycles. The third kappa shape index (κ3) is 5.66. The Hall–Kier alpha value is -4.20. The van der Waals surface area contributed by atoms with Crippen LogP contribution in [0.1, 0.15) is 37.6 Å². The Kier molecular flexibility index (Phi) is 6.55. The van der Waals surface area contributed by atoms with Gasteiger partial charge in [-0.1, -0.05) is 38.5 Å². The lowest BCUT2D eigenvalue weighted by atomic mass is 9.92. The highest BCUT2D eigenvalue weighted by Crippen LogP contribution is 2.29. The number of amides is 2. The van der Waals surface area contributed by atoms with Crippen molar-refractivity contribution in [2.45, 2.75) is 40.0 Å². The highest BCUT2D eigenvalue weighted by molar-refractivity contribution is 5.99. The molecule has 8 heteroatoms. The Bertz CT molecular complexity index is 1360. The average molecular weight is 474 g/mol. The van der Waals surface area contributed by atoms with Crippen LogP contribution in [0.25, 0.3) is 5.69 Å². The van der Waals surface area contributed by atoms with Crippen molar-refractivity contribution in [3.8, 4) is 17.2 Å². The first kappa shape index (κ1) is 23.9. The summed E-state index contributed by atoms with van der Waals surface area (Å²) in [6.45, 7) is 10.00. The molecular formula is C27H28FN5O2. The Morgan fingerprint density at radius 1 is 1.00 bits per heavy atom. The van der Waals surface area contributed by atoms with E-state index in [1.54, 1.807) is 29.2 Å². The van der Waals surface area contributed by atoms with Gasteiger partial charge in [0.05, 0.1) is 17.1 Å². The van der Waals surface area contributed by atoms with E-state index in [-0.39, 0.29) is 11.1 Å². The van der Waals surface area contributed by atoms with Crippen molar-refractivity contribution in [2.24, 2.45) is 0 Å². The van der Waals surface area contributed by atoms with Crippen molar-refractivity contribution < 1.29 is 13.9 Å². The lowest BCUT2D eigenvalue weighted by molar-refractivity contribution is 0.262. The molecule has 35 heavy (non-hydrogen) atoms. The van der Waals surface area contributed by atoms with E-state index in [9.17, 15) is 9.18 Å². The Morgan fingerprint density at radius 2 is 1.74 bits per heavy atom. The lowest BCUT2D eigenvalue weighted by Gasteiger charge is -2.14. The molecule has 0 aliphatic heterocycles. The number of hydrogen-bond donors (Lipinski definition) is 2. The number of aryl methyl sites for hydroxylation is 2. The zero-order chi connectivity index (χ0) is 25.2. The van der Waals surface area contributed by atoms with Crippen LogP contribution in [-0.2, 0) is 5.41 Å². The molecule has 0 radical (unpaired) electrons. The number of aromatic nitrogens is 3. The van der Waals surface area contributed by atoms with Crippen LogP contribution in [0.5, 0.6) is 11.5 Å². The van der Waals surface area contributed by atoms with Crippen LogP contribution in [0.15, 0.2) is 67.0 Å². The van der Waals surface area contributed by atoms with E-state index in [1.165, 1.54) is 12.1 Å². The van der Waals surface area contributed by atoms with E-state index in [1.807, 2.05) is 65.0 Å². The van der Waals surface area contributed by atoms with E-state index in [4.69, 9.17) is 9.84 Å². The third-order valence-electron chi connectivity index (χ3n) is 5.38. The molecule has 2 aromatic heterocycles. The number of carbonyl (C=O) groups excluding carboxylic acids is 1. The fourth-order valence-electron chi connectivity index (χ4n) is 3.35. The summed E-state index contributed by atoms with van der Waals surface area (Å²) in [5, 5.41) is 10.1. The second kappa shape index (κ2) is 9.58. The highest BCUT2D eigenvalue weighted by atomic mass is 19.1. The van der Waals surface area contributed by atoms with E-state index >= 15 is 0 Å². The molecule has 4 rings (SSSR count). The first-order chi connectivity index (χ1) is 16.6. The van der Waals surface area contributed by atoms with Crippen LogP contribution in [-0.4, -0.2) is 20.8 Å². The molecular weight excluding hydrogens is 445 g/mol. The van der Waals surface area contributed by atoms with E-state index in [0.717, 1.165) is 22.5 Å². The van der Waals surface area contributed by atoms with Gasteiger partial charge in [-0.05, 0) is 44.2 Å². The molecule has 0 aliphatic rings. The van der Waals surface area contributed by atoms with Gasteiger partial charge in [0.25, 0.3) is 0 Å². The molecule has 0 bridgehead atoms. The summed E-state index contributed by atoms with van der Waals surface area (Å²) in [5.74, 6) is 0.753. The number of anilines is 2. The maximum Gasteiger partial charge on any atom is 0.324 e. The van der Waals surface area contributed by atoms with Crippen LogP contribution in [0.3, 0.4) is 0 Å². The van der Waals surface area contributed by atoms with E-state index < -0.39 is 11.8 Å². The lowest BCUT2D eigenvalue weighted by Crippen LogP contribution is -2.22. The number of rotatable bonds is 5. The molecule has 2 heterocycles. The molecule has 0 saturated carbocycles. The number of benzene rings is 2. The fourth-order valence-corrected chi connectivity index (χ4v) is 3.35. The van der Waals surface area contributed by atoms with Gasteiger partial charge in [-0.15, -0.1) is 0 Å². The van der Waals surface area contributed by atoms with Crippen LogP contribution < -0.4 is 15.4 Å². The molecule has 0 fully saturated rings. The Morgan fingerprint density at radius 3 is 2.40 bits per heavy atom. The molecule has 180 valence electrons. The van der Waals surface area contributed by atoms with Gasteiger partial charge in [0, 0.05) is 35.5 Å². The minimum Gasteiger partial charge on any atom is -0.457 e. The largest absolute Gasteiger partial charge is 0.457 e. The minimum atomic E-state index is -0.619. The number of halogens is 1. The van der Waals surface area contributed by atoms with Crippen molar-refractivity contribution in [1.82, 2.24) is 14.8 Å². The van der Waals surface area contributed by atoms with Crippen LogP contribution in [0.2, 0.25) is 0 Å². The third-order valence-corrected chi connectivity index (χ3v) is 5.38. The summed E-state index contributed by atoms with van der Waals surface area (Å²) in [6, 6.07) is 15.0. The quantitative estimate of drug-likeness (QED) is 0.336. The van der Waals surface area contributed by atoms with Gasteiger partial charge >= 0.3 is 6.03 Å². The normalized spacial score (nSPS) is 11.3. The van der Waals surface area contributed by atoms with Crippen molar-refractivity contribution in [3.05, 3.63) is 89.6 Å². The average Bonchev–Trinajstić information content (AvgIpc) is 3.22. The van der Waals surface area contributed by atoms with Crippen molar-refractivity contribution in [2.75, 3.05) is 10.6 Å². The van der Waals surface area contributed by atoms with Gasteiger partial charge in [-0.3, -0.25) is 10.3 Å². The van der Waals surface area contributed by atoms with Crippen LogP contribution >= 0.6 is 0 Å². The summed E-state index contributed by atoms with van der Waals surface area (Å²) in [6.07, 6.45) is 3.27. The zero-order valence-corrected chi connectivity index (χ0v) is 20.4. The van der Waals surface area contributed by atoms with E-state index in [0.29, 0.717) is 17.3 Å². The standard InChI is InChI=1S/C27H28FN5O2/c1-17-6-8-19(9-7-17)33-25(15-24(32-33)27(3,4)5)31-26(34)30-22-11-10-20(14-21(22)28)35-23-12-13-29-16-18(23)2/h6-16H,1-5H3,(H2,30,31,34). The summed E-state index contributed by atoms with van der Waals surface area (Å²) in [5.41, 5.74) is 3.37. The summed E-state index contributed by atoms with van der Waals surface area (Å²) in [4.78, 5) is 16.8. The van der Waals surface area contributed by atoms with Gasteiger partial charge < -0.3 is 10.1 Å². The minimum absolute atomic E-state index is 0.0266. The number of carbonyl (C=O) groups is 1. The van der Waals surface area contributed by atoms with Crippen molar-refractivity contribution in [1.29, 1.82) is 0 Å². The fraction of sp³-hybridized carbons (Fsp3) is 0.222. The molecule has 2 amide bonds. The molecule has 7 nitrogen and oxygen atoms in total. The second-order valence-electron chi connectivity index (χ2n) is 9.38. The molecule has 0 saturated heterocycles. The number of ether oxygens (including phenoxy) is 1. The molecule has 0 atom stereocenters. The molecule has 4 aromatic rings. The van der Waals surface area contributed by atoms with Crippen LogP contribution in [0.4, 0.5) is 20.7 Å². The number of nitrogens with one attached hydrogen (secondary N) is 2. The van der Waals surface area contributed by atoms with Crippen molar-refractivity contribution >= 4 is 17.5 Å². The zero-order valence-electron chi connectivity index (χ0n) is 20.4. The van der Waals surface area contributed by atoms with Gasteiger partial charge in [-0.25, -0.2) is 13.9 Å². The summed E-state index contributed by atoms with van der Waals surface area (Å²) >= 11 is 0. The van der Waals surface area contributed by atoms with Gasteiger partial charge in [-0.2, -0.15) is 5.10 Å². The number of urea groups is 1. The van der Waals surface area contributed by atoms with Crippen molar-refractivity contribution in [3.63, 3.8) is 0 Å². The summed E-state index contributed by atoms with van der Waals surface area (Å²) < 4.78 is 22.1. The maximum absolute atomic E-state index is 14.7. The predicted molar refractivity (Wildman–Crippen MR) is 135 cm³/mol. The molecule has 0 spiro atoms. The molecule has 0 unspecified atom stereocenters. The smallest absolute Gasteiger partial charge is 0.324 e. The van der Waals surface area contributed by atoms with Gasteiger partial charge in [0.1, 0.15) is 23.1 Å². The van der Waals surface area contributed by atoms with Crippen LogP contribution in [0, 0.1) is 19.7 Å². The highest BCUT2D eigenvalue weighted by Gasteiger charge is 2.22. The monoisotopic (exact) mass is 473 g/mol. The Labute approximate surface area is 204 Å². The summed E-state index contributed by atoms with van der Waals surface area (Å²) in [7, 11) is 0. The Balaban J connectivity index is 1.52. The van der Waals surface area contributed by atoms with Gasteiger partial charge in [0.2, 0.25) is 0 Å². The second-order valence-corrected chi connectivity index (χ2v) is 9.38. The first-order valence-corrected chi connectivity index (χ1v) is 11.2. The SMILES string of the molecule is Cc1ccc(-n2nc(C(C)(C)C)cc2NC(=O)Nc2ccc(Oc3ccncc3C)cc2F)cc1.